The zero-order valence-electron chi connectivity index (χ0n) is 16.7. The Morgan fingerprint density at radius 2 is 1.67 bits per heavy atom. The average Bonchev–Trinajstić information content (AvgIpc) is 2.65. The Hall–Kier alpha value is -2.69. The van der Waals surface area contributed by atoms with Crippen molar-refractivity contribution in [1.82, 2.24) is 5.32 Å². The summed E-state index contributed by atoms with van der Waals surface area (Å²) in [4.78, 5) is 12.2. The fourth-order valence-corrected chi connectivity index (χ4v) is 2.50. The SMILES string of the molecule is COc1ccccc1OC(C)C(=O)NCCOc1ccc(C(C)(C)C)cc1. The van der Waals surface area contributed by atoms with Gasteiger partial charge < -0.3 is 19.5 Å². The van der Waals surface area contributed by atoms with Crippen LogP contribution in [0.3, 0.4) is 0 Å². The minimum atomic E-state index is -0.632. The molecule has 1 amide bonds. The summed E-state index contributed by atoms with van der Waals surface area (Å²) in [5.41, 5.74) is 1.37. The van der Waals surface area contributed by atoms with Gasteiger partial charge in [-0.15, -0.1) is 0 Å². The molecule has 0 aliphatic rings. The first-order chi connectivity index (χ1) is 12.8. The number of ether oxygens (including phenoxy) is 3. The highest BCUT2D eigenvalue weighted by molar-refractivity contribution is 5.80. The summed E-state index contributed by atoms with van der Waals surface area (Å²) in [7, 11) is 1.57. The maximum atomic E-state index is 12.2. The third-order valence-corrected chi connectivity index (χ3v) is 4.13. The van der Waals surface area contributed by atoms with E-state index in [0.29, 0.717) is 24.7 Å². The van der Waals surface area contributed by atoms with Crippen molar-refractivity contribution in [2.24, 2.45) is 0 Å². The van der Waals surface area contributed by atoms with Gasteiger partial charge in [-0.1, -0.05) is 45.0 Å². The number of carbonyl (C=O) groups excluding carboxylic acids is 1. The number of hydrogen-bond donors (Lipinski definition) is 1. The van der Waals surface area contributed by atoms with Gasteiger partial charge in [0, 0.05) is 0 Å². The first-order valence-electron chi connectivity index (χ1n) is 9.12. The lowest BCUT2D eigenvalue weighted by atomic mass is 9.87. The highest BCUT2D eigenvalue weighted by atomic mass is 16.5. The van der Waals surface area contributed by atoms with Crippen LogP contribution in [-0.4, -0.2) is 32.3 Å². The van der Waals surface area contributed by atoms with Gasteiger partial charge in [0.15, 0.2) is 17.6 Å². The Labute approximate surface area is 161 Å². The molecule has 1 unspecified atom stereocenters. The molecule has 146 valence electrons. The Morgan fingerprint density at radius 1 is 1.04 bits per heavy atom. The Morgan fingerprint density at radius 3 is 2.26 bits per heavy atom. The van der Waals surface area contributed by atoms with Crippen molar-refractivity contribution in [2.75, 3.05) is 20.3 Å². The summed E-state index contributed by atoms with van der Waals surface area (Å²) in [5, 5.41) is 2.82. The molecule has 0 aliphatic heterocycles. The minimum Gasteiger partial charge on any atom is -0.493 e. The third-order valence-electron chi connectivity index (χ3n) is 4.13. The maximum Gasteiger partial charge on any atom is 0.260 e. The normalized spacial score (nSPS) is 12.2. The van der Waals surface area contributed by atoms with Gasteiger partial charge in [0.1, 0.15) is 12.4 Å². The number of carbonyl (C=O) groups is 1. The monoisotopic (exact) mass is 371 g/mol. The van der Waals surface area contributed by atoms with Crippen LogP contribution in [0, 0.1) is 0 Å². The fourth-order valence-electron chi connectivity index (χ4n) is 2.50. The van der Waals surface area contributed by atoms with Crippen molar-refractivity contribution in [2.45, 2.75) is 39.2 Å². The molecule has 0 heterocycles. The Kier molecular flexibility index (Phi) is 7.11. The van der Waals surface area contributed by atoms with Crippen molar-refractivity contribution >= 4 is 5.91 Å². The molecule has 0 saturated heterocycles. The number of para-hydroxylation sites is 2. The van der Waals surface area contributed by atoms with E-state index in [0.717, 1.165) is 5.75 Å². The number of nitrogens with one attached hydrogen (secondary N) is 1. The molecule has 0 fully saturated rings. The van der Waals surface area contributed by atoms with Gasteiger partial charge in [-0.3, -0.25) is 4.79 Å². The van der Waals surface area contributed by atoms with Gasteiger partial charge in [-0.2, -0.15) is 0 Å². The van der Waals surface area contributed by atoms with Crippen molar-refractivity contribution in [1.29, 1.82) is 0 Å². The molecule has 5 heteroatoms. The van der Waals surface area contributed by atoms with E-state index in [1.807, 2.05) is 24.3 Å². The van der Waals surface area contributed by atoms with Crippen LogP contribution < -0.4 is 19.5 Å². The third kappa shape index (κ3) is 6.20. The topological polar surface area (TPSA) is 56.8 Å². The van der Waals surface area contributed by atoms with Gasteiger partial charge in [-0.25, -0.2) is 0 Å². The van der Waals surface area contributed by atoms with Gasteiger partial charge in [0.05, 0.1) is 13.7 Å². The molecule has 0 radical (unpaired) electrons. The van der Waals surface area contributed by atoms with Crippen LogP contribution in [0.15, 0.2) is 48.5 Å². The van der Waals surface area contributed by atoms with Crippen LogP contribution in [0.2, 0.25) is 0 Å². The van der Waals surface area contributed by atoms with Crippen molar-refractivity contribution in [3.05, 3.63) is 54.1 Å². The largest absolute Gasteiger partial charge is 0.493 e. The van der Waals surface area contributed by atoms with E-state index in [9.17, 15) is 4.79 Å². The molecule has 2 aromatic rings. The maximum absolute atomic E-state index is 12.2. The predicted molar refractivity (Wildman–Crippen MR) is 107 cm³/mol. The first-order valence-corrected chi connectivity index (χ1v) is 9.12. The van der Waals surface area contributed by atoms with Crippen LogP contribution >= 0.6 is 0 Å². The minimum absolute atomic E-state index is 0.115. The number of benzene rings is 2. The van der Waals surface area contributed by atoms with E-state index in [4.69, 9.17) is 14.2 Å². The molecular formula is C22H29NO4. The second-order valence-corrected chi connectivity index (χ2v) is 7.32. The van der Waals surface area contributed by atoms with Crippen molar-refractivity contribution in [3.8, 4) is 17.2 Å². The average molecular weight is 371 g/mol. The molecule has 1 atom stereocenters. The van der Waals surface area contributed by atoms with Gasteiger partial charge >= 0.3 is 0 Å². The smallest absolute Gasteiger partial charge is 0.260 e. The highest BCUT2D eigenvalue weighted by Crippen LogP contribution is 2.27. The van der Waals surface area contributed by atoms with E-state index in [-0.39, 0.29) is 11.3 Å². The van der Waals surface area contributed by atoms with E-state index in [2.05, 4.69) is 38.2 Å². The predicted octanol–water partition coefficient (Wildman–Crippen LogP) is 3.96. The summed E-state index contributed by atoms with van der Waals surface area (Å²) in [5.74, 6) is 1.72. The van der Waals surface area contributed by atoms with Crippen molar-refractivity contribution < 1.29 is 19.0 Å². The lowest BCUT2D eigenvalue weighted by molar-refractivity contribution is -0.127. The first kappa shape index (κ1) is 20.6. The molecule has 2 rings (SSSR count). The van der Waals surface area contributed by atoms with Crippen LogP contribution in [0.25, 0.3) is 0 Å². The summed E-state index contributed by atoms with van der Waals surface area (Å²) < 4.78 is 16.6. The molecule has 1 N–H and O–H groups in total. The quantitative estimate of drug-likeness (QED) is 0.714. The van der Waals surface area contributed by atoms with Crippen molar-refractivity contribution in [3.63, 3.8) is 0 Å². The lowest BCUT2D eigenvalue weighted by Gasteiger charge is -2.19. The highest BCUT2D eigenvalue weighted by Gasteiger charge is 2.16. The number of rotatable bonds is 8. The van der Waals surface area contributed by atoms with E-state index < -0.39 is 6.10 Å². The molecule has 2 aromatic carbocycles. The number of amides is 1. The standard InChI is InChI=1S/C22H29NO4/c1-16(27-20-9-7-6-8-19(20)25-5)21(24)23-14-15-26-18-12-10-17(11-13-18)22(2,3)4/h6-13,16H,14-15H2,1-5H3,(H,23,24). The summed E-state index contributed by atoms with van der Waals surface area (Å²) in [6, 6.07) is 15.3. The zero-order valence-corrected chi connectivity index (χ0v) is 16.7. The van der Waals surface area contributed by atoms with Crippen LogP contribution in [-0.2, 0) is 10.2 Å². The van der Waals surface area contributed by atoms with E-state index in [1.54, 1.807) is 26.2 Å². The molecule has 0 spiro atoms. The van der Waals surface area contributed by atoms with Gasteiger partial charge in [0.25, 0.3) is 5.91 Å². The summed E-state index contributed by atoms with van der Waals surface area (Å²) in [6.45, 7) is 9.02. The van der Waals surface area contributed by atoms with Crippen LogP contribution in [0.1, 0.15) is 33.3 Å². The zero-order chi connectivity index (χ0) is 19.9. The Balaban J connectivity index is 1.75. The molecule has 0 aliphatic carbocycles. The molecule has 0 bridgehead atoms. The molecule has 0 saturated carbocycles. The van der Waals surface area contributed by atoms with E-state index in [1.165, 1.54) is 5.56 Å². The second-order valence-electron chi connectivity index (χ2n) is 7.32. The Bertz CT molecular complexity index is 735. The molecular weight excluding hydrogens is 342 g/mol. The fraction of sp³-hybridized carbons (Fsp3) is 0.409. The molecule has 5 nitrogen and oxygen atoms in total. The lowest BCUT2D eigenvalue weighted by Crippen LogP contribution is -2.38. The van der Waals surface area contributed by atoms with Gasteiger partial charge in [-0.05, 0) is 42.2 Å². The summed E-state index contributed by atoms with van der Waals surface area (Å²) in [6.07, 6.45) is -0.632. The van der Waals surface area contributed by atoms with Crippen LogP contribution in [0.4, 0.5) is 0 Å². The van der Waals surface area contributed by atoms with Crippen LogP contribution in [0.5, 0.6) is 17.2 Å². The molecule has 0 aromatic heterocycles. The van der Waals surface area contributed by atoms with Gasteiger partial charge in [0.2, 0.25) is 0 Å². The number of methoxy groups -OCH3 is 1. The number of hydrogen-bond acceptors (Lipinski definition) is 4. The van der Waals surface area contributed by atoms with E-state index >= 15 is 0 Å². The second kappa shape index (κ2) is 9.31. The summed E-state index contributed by atoms with van der Waals surface area (Å²) >= 11 is 0. The molecule has 27 heavy (non-hydrogen) atoms.